The maximum atomic E-state index is 10.4. The second-order valence-corrected chi connectivity index (χ2v) is 5.59. The van der Waals surface area contributed by atoms with Gasteiger partial charge in [-0.3, -0.25) is 4.79 Å². The van der Waals surface area contributed by atoms with Gasteiger partial charge in [0.05, 0.1) is 7.11 Å². The molecule has 0 aliphatic heterocycles. The molecular formula is C19H24O3. The maximum Gasteiger partial charge on any atom is 0.303 e. The smallest absolute Gasteiger partial charge is 0.303 e. The second-order valence-electron chi connectivity index (χ2n) is 5.59. The van der Waals surface area contributed by atoms with Crippen LogP contribution in [0.15, 0.2) is 36.4 Å². The Bertz CT molecular complexity index is 570. The monoisotopic (exact) mass is 300 g/mol. The average Bonchev–Trinajstić information content (AvgIpc) is 2.53. The molecule has 0 bridgehead atoms. The molecule has 0 amide bonds. The average molecular weight is 300 g/mol. The van der Waals surface area contributed by atoms with Crippen molar-refractivity contribution in [2.24, 2.45) is 0 Å². The predicted molar refractivity (Wildman–Crippen MR) is 89.2 cm³/mol. The summed E-state index contributed by atoms with van der Waals surface area (Å²) in [7, 11) is 1.70. The van der Waals surface area contributed by atoms with Crippen LogP contribution >= 0.6 is 0 Å². The summed E-state index contributed by atoms with van der Waals surface area (Å²) in [6.07, 6.45) is 12.6. The zero-order chi connectivity index (χ0) is 15.8. The van der Waals surface area contributed by atoms with Crippen LogP contribution in [0.3, 0.4) is 0 Å². The van der Waals surface area contributed by atoms with Gasteiger partial charge in [0.15, 0.2) is 0 Å². The van der Waals surface area contributed by atoms with E-state index >= 15 is 0 Å². The van der Waals surface area contributed by atoms with Crippen LogP contribution in [0, 0.1) is 0 Å². The number of benzene rings is 1. The quantitative estimate of drug-likeness (QED) is 0.563. The Hall–Kier alpha value is -2.03. The van der Waals surface area contributed by atoms with Crippen molar-refractivity contribution in [3.63, 3.8) is 0 Å². The Labute approximate surface area is 132 Å². The lowest BCUT2D eigenvalue weighted by Gasteiger charge is -2.18. The van der Waals surface area contributed by atoms with Crippen molar-refractivity contribution in [1.82, 2.24) is 0 Å². The molecule has 3 heteroatoms. The van der Waals surface area contributed by atoms with Gasteiger partial charge >= 0.3 is 5.97 Å². The highest BCUT2D eigenvalue weighted by Crippen LogP contribution is 2.32. The number of hydrogen-bond donors (Lipinski definition) is 1. The number of carboxylic acid groups (broad SMARTS) is 1. The van der Waals surface area contributed by atoms with E-state index < -0.39 is 5.97 Å². The highest BCUT2D eigenvalue weighted by Gasteiger charge is 2.12. The Morgan fingerprint density at radius 2 is 2.14 bits per heavy atom. The van der Waals surface area contributed by atoms with Gasteiger partial charge in [0.25, 0.3) is 0 Å². The molecule has 22 heavy (non-hydrogen) atoms. The van der Waals surface area contributed by atoms with Gasteiger partial charge in [-0.25, -0.2) is 0 Å². The maximum absolute atomic E-state index is 10.4. The zero-order valence-corrected chi connectivity index (χ0v) is 13.2. The lowest BCUT2D eigenvalue weighted by atomic mass is 9.88. The normalized spacial score (nSPS) is 13.8. The third-order valence-electron chi connectivity index (χ3n) is 3.97. The van der Waals surface area contributed by atoms with Gasteiger partial charge in [0, 0.05) is 6.42 Å². The summed E-state index contributed by atoms with van der Waals surface area (Å²) in [5, 5.41) is 8.58. The molecule has 0 saturated carbocycles. The first-order chi connectivity index (χ1) is 10.7. The zero-order valence-electron chi connectivity index (χ0n) is 13.2. The number of rotatable bonds is 8. The third-order valence-corrected chi connectivity index (χ3v) is 3.97. The van der Waals surface area contributed by atoms with E-state index in [1.807, 2.05) is 6.07 Å². The summed E-state index contributed by atoms with van der Waals surface area (Å²) < 4.78 is 5.30. The van der Waals surface area contributed by atoms with Crippen molar-refractivity contribution in [1.29, 1.82) is 0 Å². The van der Waals surface area contributed by atoms with E-state index in [0.717, 1.165) is 44.3 Å². The number of allylic oxidation sites excluding steroid dienone is 4. The molecule has 0 heterocycles. The number of aliphatic carboxylic acids is 1. The first kappa shape index (κ1) is 16.3. The molecule has 1 N–H and O–H groups in total. The van der Waals surface area contributed by atoms with Crippen LogP contribution in [0.25, 0.3) is 5.57 Å². The first-order valence-electron chi connectivity index (χ1n) is 7.94. The lowest BCUT2D eigenvalue weighted by molar-refractivity contribution is -0.137. The van der Waals surface area contributed by atoms with Gasteiger partial charge < -0.3 is 9.84 Å². The van der Waals surface area contributed by atoms with Crippen molar-refractivity contribution >= 4 is 11.5 Å². The van der Waals surface area contributed by atoms with Crippen LogP contribution in [0.1, 0.15) is 49.7 Å². The summed E-state index contributed by atoms with van der Waals surface area (Å²) >= 11 is 0. The summed E-state index contributed by atoms with van der Waals surface area (Å²) in [5.74, 6) is 0.214. The second kappa shape index (κ2) is 8.42. The fourth-order valence-corrected chi connectivity index (χ4v) is 2.81. The van der Waals surface area contributed by atoms with Crippen molar-refractivity contribution < 1.29 is 14.6 Å². The Kier molecular flexibility index (Phi) is 6.26. The van der Waals surface area contributed by atoms with Gasteiger partial charge in [0.1, 0.15) is 5.75 Å². The molecule has 0 saturated heterocycles. The molecule has 1 aliphatic rings. The Balaban J connectivity index is 1.83. The van der Waals surface area contributed by atoms with E-state index in [2.05, 4.69) is 30.4 Å². The van der Waals surface area contributed by atoms with E-state index in [0.29, 0.717) is 0 Å². The minimum Gasteiger partial charge on any atom is -0.497 e. The highest BCUT2D eigenvalue weighted by atomic mass is 16.5. The lowest BCUT2D eigenvalue weighted by Crippen LogP contribution is -2.00. The van der Waals surface area contributed by atoms with Crippen LogP contribution in [-0.2, 0) is 11.2 Å². The predicted octanol–water partition coefficient (Wildman–Crippen LogP) is 4.62. The summed E-state index contributed by atoms with van der Waals surface area (Å²) in [6.45, 7) is 0. The van der Waals surface area contributed by atoms with E-state index in [-0.39, 0.29) is 6.42 Å². The topological polar surface area (TPSA) is 46.5 Å². The number of unbranched alkanes of at least 4 members (excludes halogenated alkanes) is 1. The molecule has 1 aliphatic carbocycles. The number of aryl methyl sites for hydroxylation is 1. The molecule has 0 spiro atoms. The van der Waals surface area contributed by atoms with Crippen molar-refractivity contribution in [3.8, 4) is 5.75 Å². The van der Waals surface area contributed by atoms with E-state index in [4.69, 9.17) is 9.84 Å². The van der Waals surface area contributed by atoms with Crippen LogP contribution in [0.4, 0.5) is 0 Å². The molecule has 0 aromatic heterocycles. The van der Waals surface area contributed by atoms with E-state index in [9.17, 15) is 4.79 Å². The van der Waals surface area contributed by atoms with Gasteiger partial charge in [-0.1, -0.05) is 24.3 Å². The SMILES string of the molecule is COc1ccc2c(c1)CCC=C2CC/C=C/CCCC(=O)O. The highest BCUT2D eigenvalue weighted by molar-refractivity contribution is 5.71. The van der Waals surface area contributed by atoms with Gasteiger partial charge in [-0.2, -0.15) is 0 Å². The Morgan fingerprint density at radius 1 is 1.32 bits per heavy atom. The van der Waals surface area contributed by atoms with Crippen LogP contribution in [0.2, 0.25) is 0 Å². The number of methoxy groups -OCH3 is 1. The first-order valence-corrected chi connectivity index (χ1v) is 7.94. The molecule has 3 nitrogen and oxygen atoms in total. The molecule has 0 atom stereocenters. The fraction of sp³-hybridized carbons (Fsp3) is 0.421. The third kappa shape index (κ3) is 4.76. The number of ether oxygens (including phenoxy) is 1. The molecule has 0 unspecified atom stereocenters. The molecule has 1 aromatic rings. The van der Waals surface area contributed by atoms with E-state index in [1.54, 1.807) is 7.11 Å². The number of carboxylic acids is 1. The summed E-state index contributed by atoms with van der Waals surface area (Å²) in [4.78, 5) is 10.4. The van der Waals surface area contributed by atoms with Gasteiger partial charge in [0.2, 0.25) is 0 Å². The summed E-state index contributed by atoms with van der Waals surface area (Å²) in [5.41, 5.74) is 4.15. The molecule has 1 aromatic carbocycles. The minimum atomic E-state index is -0.715. The molecule has 0 radical (unpaired) electrons. The standard InChI is InChI=1S/C19H24O3/c1-22-17-12-13-18-15(9-7-10-16(18)14-17)8-5-3-2-4-6-11-19(20)21/h2-3,9,12-14H,4-8,10-11H2,1H3,(H,20,21)/b3-2+. The van der Waals surface area contributed by atoms with Crippen molar-refractivity contribution in [2.75, 3.05) is 7.11 Å². The van der Waals surface area contributed by atoms with Crippen LogP contribution in [-0.4, -0.2) is 18.2 Å². The Morgan fingerprint density at radius 3 is 2.91 bits per heavy atom. The molecular weight excluding hydrogens is 276 g/mol. The van der Waals surface area contributed by atoms with Crippen LogP contribution < -0.4 is 4.74 Å². The number of fused-ring (bicyclic) bond motifs is 1. The fourth-order valence-electron chi connectivity index (χ4n) is 2.81. The number of carbonyl (C=O) groups is 1. The summed E-state index contributed by atoms with van der Waals surface area (Å²) in [6, 6.07) is 6.33. The van der Waals surface area contributed by atoms with Crippen molar-refractivity contribution in [2.45, 2.75) is 44.9 Å². The van der Waals surface area contributed by atoms with Gasteiger partial charge in [-0.05, 0) is 67.4 Å². The van der Waals surface area contributed by atoms with E-state index in [1.165, 1.54) is 16.7 Å². The number of hydrogen-bond acceptors (Lipinski definition) is 2. The molecule has 0 fully saturated rings. The van der Waals surface area contributed by atoms with Crippen LogP contribution in [0.5, 0.6) is 5.75 Å². The van der Waals surface area contributed by atoms with Gasteiger partial charge in [-0.15, -0.1) is 0 Å². The largest absolute Gasteiger partial charge is 0.497 e. The van der Waals surface area contributed by atoms with Crippen molar-refractivity contribution in [3.05, 3.63) is 47.6 Å². The minimum absolute atomic E-state index is 0.255. The molecule has 118 valence electrons. The molecule has 2 rings (SSSR count).